The highest BCUT2D eigenvalue weighted by Crippen LogP contribution is 2.24. The van der Waals surface area contributed by atoms with Crippen LogP contribution in [0.5, 0.6) is 0 Å². The Morgan fingerprint density at radius 3 is 2.22 bits per heavy atom. The average molecular weight is 360 g/mol. The summed E-state index contributed by atoms with van der Waals surface area (Å²) in [6, 6.07) is 7.46. The zero-order valence-electron chi connectivity index (χ0n) is 11.9. The number of amides is 1. The van der Waals surface area contributed by atoms with E-state index in [-0.39, 0.29) is 15.6 Å². The standard InChI is InChI=1S/C15H12ClF2NO3S/c1-9(23(21,22)12-5-2-10(17)3-6-12)15(20)19-14-7-4-11(18)8-13(14)16/h2-9H,1H3,(H,19,20). The highest BCUT2D eigenvalue weighted by atomic mass is 35.5. The summed E-state index contributed by atoms with van der Waals surface area (Å²) < 4.78 is 50.5. The van der Waals surface area contributed by atoms with Crippen LogP contribution in [-0.2, 0) is 14.6 Å². The van der Waals surface area contributed by atoms with Crippen molar-refractivity contribution >= 4 is 33.0 Å². The minimum Gasteiger partial charge on any atom is -0.324 e. The summed E-state index contributed by atoms with van der Waals surface area (Å²) >= 11 is 5.78. The topological polar surface area (TPSA) is 63.2 Å². The van der Waals surface area contributed by atoms with Crippen LogP contribution in [0.25, 0.3) is 0 Å². The number of halogens is 3. The van der Waals surface area contributed by atoms with Gasteiger partial charge >= 0.3 is 0 Å². The average Bonchev–Trinajstić information content (AvgIpc) is 2.49. The van der Waals surface area contributed by atoms with Crippen LogP contribution >= 0.6 is 11.6 Å². The molecule has 1 atom stereocenters. The number of nitrogens with one attached hydrogen (secondary N) is 1. The Hall–Kier alpha value is -1.99. The molecule has 4 nitrogen and oxygen atoms in total. The summed E-state index contributed by atoms with van der Waals surface area (Å²) in [4.78, 5) is 11.9. The van der Waals surface area contributed by atoms with Crippen LogP contribution in [0.4, 0.5) is 14.5 Å². The van der Waals surface area contributed by atoms with Gasteiger partial charge in [0.25, 0.3) is 0 Å². The maximum absolute atomic E-state index is 13.0. The quantitative estimate of drug-likeness (QED) is 0.851. The third-order valence-electron chi connectivity index (χ3n) is 3.17. The number of carbonyl (C=O) groups excluding carboxylic acids is 1. The van der Waals surface area contributed by atoms with E-state index >= 15 is 0 Å². The van der Waals surface area contributed by atoms with E-state index in [9.17, 15) is 22.0 Å². The molecule has 0 radical (unpaired) electrons. The molecule has 0 aliphatic heterocycles. The molecule has 0 saturated heterocycles. The van der Waals surface area contributed by atoms with E-state index in [1.54, 1.807) is 0 Å². The van der Waals surface area contributed by atoms with Gasteiger partial charge in [-0.1, -0.05) is 11.6 Å². The van der Waals surface area contributed by atoms with Crippen LogP contribution in [0.3, 0.4) is 0 Å². The molecule has 0 fully saturated rings. The third kappa shape index (κ3) is 3.86. The molecule has 1 unspecified atom stereocenters. The van der Waals surface area contributed by atoms with E-state index in [0.29, 0.717) is 0 Å². The molecule has 0 aliphatic carbocycles. The first-order valence-electron chi connectivity index (χ1n) is 6.47. The Kier molecular flexibility index (Phi) is 5.01. The minimum atomic E-state index is -3.99. The van der Waals surface area contributed by atoms with Crippen LogP contribution in [0, 0.1) is 11.6 Å². The third-order valence-corrected chi connectivity index (χ3v) is 5.55. The molecule has 1 N–H and O–H groups in total. The van der Waals surface area contributed by atoms with Gasteiger partial charge in [0.05, 0.1) is 15.6 Å². The van der Waals surface area contributed by atoms with Crippen LogP contribution in [-0.4, -0.2) is 19.6 Å². The second-order valence-electron chi connectivity index (χ2n) is 4.75. The molecule has 2 rings (SSSR count). The lowest BCUT2D eigenvalue weighted by atomic mass is 10.3. The molecule has 8 heteroatoms. The lowest BCUT2D eigenvalue weighted by Gasteiger charge is -2.14. The molecular weight excluding hydrogens is 348 g/mol. The number of anilines is 1. The van der Waals surface area contributed by atoms with Crippen molar-refractivity contribution in [3.8, 4) is 0 Å². The van der Waals surface area contributed by atoms with Gasteiger partial charge in [-0.15, -0.1) is 0 Å². The lowest BCUT2D eigenvalue weighted by Crippen LogP contribution is -2.32. The van der Waals surface area contributed by atoms with Crippen molar-refractivity contribution in [3.63, 3.8) is 0 Å². The Balaban J connectivity index is 2.23. The van der Waals surface area contributed by atoms with Crippen molar-refractivity contribution in [2.24, 2.45) is 0 Å². The molecule has 0 spiro atoms. The zero-order chi connectivity index (χ0) is 17.2. The molecule has 122 valence electrons. The monoisotopic (exact) mass is 359 g/mol. The number of hydrogen-bond acceptors (Lipinski definition) is 3. The van der Waals surface area contributed by atoms with Gasteiger partial charge in [0, 0.05) is 0 Å². The molecule has 0 bridgehead atoms. The Morgan fingerprint density at radius 2 is 1.65 bits per heavy atom. The fourth-order valence-electron chi connectivity index (χ4n) is 1.79. The summed E-state index contributed by atoms with van der Waals surface area (Å²) in [6.07, 6.45) is 0. The van der Waals surface area contributed by atoms with E-state index < -0.39 is 32.6 Å². The first-order valence-corrected chi connectivity index (χ1v) is 8.39. The second kappa shape index (κ2) is 6.64. The van der Waals surface area contributed by atoms with E-state index in [1.165, 1.54) is 13.0 Å². The molecule has 23 heavy (non-hydrogen) atoms. The Labute approximate surface area is 137 Å². The summed E-state index contributed by atoms with van der Waals surface area (Å²) in [7, 11) is -3.99. The highest BCUT2D eigenvalue weighted by molar-refractivity contribution is 7.92. The van der Waals surface area contributed by atoms with Gasteiger partial charge in [-0.05, 0) is 49.4 Å². The Bertz CT molecular complexity index is 838. The number of rotatable bonds is 4. The molecular formula is C15H12ClF2NO3S. The molecule has 2 aromatic rings. The van der Waals surface area contributed by atoms with Crippen LogP contribution < -0.4 is 5.32 Å². The predicted molar refractivity (Wildman–Crippen MR) is 83.1 cm³/mol. The molecule has 0 aliphatic rings. The smallest absolute Gasteiger partial charge is 0.242 e. The molecule has 0 heterocycles. The number of benzene rings is 2. The molecule has 0 aromatic heterocycles. The fourth-order valence-corrected chi connectivity index (χ4v) is 3.27. The van der Waals surface area contributed by atoms with Gasteiger partial charge in [0.15, 0.2) is 9.84 Å². The maximum atomic E-state index is 13.0. The summed E-state index contributed by atoms with van der Waals surface area (Å²) in [5, 5.41) is 0.846. The van der Waals surface area contributed by atoms with Gasteiger partial charge in [-0.3, -0.25) is 4.79 Å². The predicted octanol–water partition coefficient (Wildman–Crippen LogP) is 3.42. The van der Waals surface area contributed by atoms with Gasteiger partial charge in [-0.25, -0.2) is 17.2 Å². The van der Waals surface area contributed by atoms with E-state index in [4.69, 9.17) is 11.6 Å². The summed E-state index contributed by atoms with van der Waals surface area (Å²) in [5.41, 5.74) is 0.0965. The zero-order valence-corrected chi connectivity index (χ0v) is 13.5. The highest BCUT2D eigenvalue weighted by Gasteiger charge is 2.30. The number of carbonyl (C=O) groups is 1. The molecule has 1 amide bonds. The normalized spacial score (nSPS) is 12.7. The van der Waals surface area contributed by atoms with Crippen molar-refractivity contribution in [2.75, 3.05) is 5.32 Å². The number of sulfone groups is 1. The van der Waals surface area contributed by atoms with E-state index in [2.05, 4.69) is 5.32 Å². The fraction of sp³-hybridized carbons (Fsp3) is 0.133. The number of hydrogen-bond donors (Lipinski definition) is 1. The maximum Gasteiger partial charge on any atom is 0.242 e. The second-order valence-corrected chi connectivity index (χ2v) is 7.43. The summed E-state index contributed by atoms with van der Waals surface area (Å²) in [6.45, 7) is 1.20. The first kappa shape index (κ1) is 17.4. The van der Waals surface area contributed by atoms with Gasteiger partial charge in [0.2, 0.25) is 5.91 Å². The van der Waals surface area contributed by atoms with Gasteiger partial charge in [-0.2, -0.15) is 0 Å². The van der Waals surface area contributed by atoms with Crippen molar-refractivity contribution in [1.82, 2.24) is 0 Å². The van der Waals surface area contributed by atoms with Gasteiger partial charge < -0.3 is 5.32 Å². The molecule has 0 saturated carbocycles. The largest absolute Gasteiger partial charge is 0.324 e. The van der Waals surface area contributed by atoms with Gasteiger partial charge in [0.1, 0.15) is 16.9 Å². The molecule has 2 aromatic carbocycles. The van der Waals surface area contributed by atoms with Crippen molar-refractivity contribution in [3.05, 3.63) is 59.1 Å². The van der Waals surface area contributed by atoms with E-state index in [0.717, 1.165) is 36.4 Å². The van der Waals surface area contributed by atoms with Crippen LogP contribution in [0.2, 0.25) is 5.02 Å². The van der Waals surface area contributed by atoms with Crippen LogP contribution in [0.1, 0.15) is 6.92 Å². The van der Waals surface area contributed by atoms with E-state index in [1.807, 2.05) is 0 Å². The minimum absolute atomic E-state index is 0.0512. The van der Waals surface area contributed by atoms with Crippen molar-refractivity contribution in [2.45, 2.75) is 17.1 Å². The lowest BCUT2D eigenvalue weighted by molar-refractivity contribution is -0.115. The first-order chi connectivity index (χ1) is 10.7. The SMILES string of the molecule is CC(C(=O)Nc1ccc(F)cc1Cl)S(=O)(=O)c1ccc(F)cc1. The van der Waals surface area contributed by atoms with Crippen molar-refractivity contribution in [1.29, 1.82) is 0 Å². The van der Waals surface area contributed by atoms with Crippen LogP contribution in [0.15, 0.2) is 47.4 Å². The Morgan fingerprint density at radius 1 is 1.09 bits per heavy atom. The summed E-state index contributed by atoms with van der Waals surface area (Å²) in [5.74, 6) is -2.00. The van der Waals surface area contributed by atoms with Crippen molar-refractivity contribution < 1.29 is 22.0 Å².